The minimum atomic E-state index is -0.0486. The molecule has 2 N–H and O–H groups in total. The van der Waals surface area contributed by atoms with Gasteiger partial charge in [-0.2, -0.15) is 0 Å². The first-order chi connectivity index (χ1) is 6.74. The molecule has 0 fully saturated rings. The number of aromatic nitrogens is 1. The largest absolute Gasteiger partial charge is 0.330 e. The molecule has 0 aliphatic heterocycles. The molecule has 1 aromatic heterocycles. The van der Waals surface area contributed by atoms with Crippen LogP contribution in [0.4, 0.5) is 0 Å². The molecular weight excluding hydrogens is 176 g/mol. The molecule has 72 valence electrons. The van der Waals surface area contributed by atoms with Crippen LogP contribution in [-0.4, -0.2) is 17.3 Å². The number of Topliss-reactive ketones (excluding diaryl/α,β-unsaturated/α-hetero) is 1. The molecule has 3 heteroatoms. The van der Waals surface area contributed by atoms with E-state index in [2.05, 4.69) is 16.8 Å². The van der Waals surface area contributed by atoms with Crippen LogP contribution in [0, 0.1) is 11.8 Å². The Hall–Kier alpha value is -1.66. The summed E-state index contributed by atoms with van der Waals surface area (Å²) in [5.74, 6) is 5.67. The van der Waals surface area contributed by atoms with Crippen LogP contribution in [0.25, 0.3) is 0 Å². The zero-order valence-electron chi connectivity index (χ0n) is 8.08. The lowest BCUT2D eigenvalue weighted by Crippen LogP contribution is -1.98. The van der Waals surface area contributed by atoms with Gasteiger partial charge in [0, 0.05) is 19.9 Å². The SMILES string of the molecule is CC(=O)c1cccc(C#CCCN)n1. The second-order valence-corrected chi connectivity index (χ2v) is 2.80. The van der Waals surface area contributed by atoms with Crippen molar-refractivity contribution in [3.05, 3.63) is 29.6 Å². The Morgan fingerprint density at radius 1 is 1.57 bits per heavy atom. The van der Waals surface area contributed by atoms with E-state index in [1.807, 2.05) is 0 Å². The van der Waals surface area contributed by atoms with Crippen LogP contribution in [0.3, 0.4) is 0 Å². The topological polar surface area (TPSA) is 56.0 Å². The minimum absolute atomic E-state index is 0.0486. The van der Waals surface area contributed by atoms with Gasteiger partial charge < -0.3 is 5.73 Å². The first-order valence-electron chi connectivity index (χ1n) is 4.41. The summed E-state index contributed by atoms with van der Waals surface area (Å²) in [7, 11) is 0. The van der Waals surface area contributed by atoms with E-state index in [0.29, 0.717) is 24.4 Å². The van der Waals surface area contributed by atoms with E-state index in [0.717, 1.165) is 0 Å². The third-order valence-corrected chi connectivity index (χ3v) is 1.60. The van der Waals surface area contributed by atoms with Gasteiger partial charge in [-0.3, -0.25) is 4.79 Å². The van der Waals surface area contributed by atoms with Crippen LogP contribution in [0.2, 0.25) is 0 Å². The van der Waals surface area contributed by atoms with Crippen molar-refractivity contribution in [2.45, 2.75) is 13.3 Å². The quantitative estimate of drug-likeness (QED) is 0.556. The van der Waals surface area contributed by atoms with Crippen molar-refractivity contribution in [3.8, 4) is 11.8 Å². The molecule has 0 saturated heterocycles. The number of nitrogens with two attached hydrogens (primary N) is 1. The fourth-order valence-corrected chi connectivity index (χ4v) is 0.926. The van der Waals surface area contributed by atoms with Crippen LogP contribution in [0.15, 0.2) is 18.2 Å². The van der Waals surface area contributed by atoms with Crippen LogP contribution < -0.4 is 5.73 Å². The molecule has 0 unspecified atom stereocenters. The summed E-state index contributed by atoms with van der Waals surface area (Å²) in [6.07, 6.45) is 0.645. The number of rotatable bonds is 2. The van der Waals surface area contributed by atoms with Crippen molar-refractivity contribution in [2.24, 2.45) is 5.73 Å². The van der Waals surface area contributed by atoms with E-state index in [1.165, 1.54) is 6.92 Å². The van der Waals surface area contributed by atoms with Gasteiger partial charge in [0.1, 0.15) is 11.4 Å². The molecular formula is C11H12N2O. The molecule has 1 aromatic rings. The van der Waals surface area contributed by atoms with Gasteiger partial charge in [0.15, 0.2) is 5.78 Å². The highest BCUT2D eigenvalue weighted by Crippen LogP contribution is 1.98. The summed E-state index contributed by atoms with van der Waals surface area (Å²) >= 11 is 0. The van der Waals surface area contributed by atoms with E-state index in [9.17, 15) is 4.79 Å². The van der Waals surface area contributed by atoms with Gasteiger partial charge >= 0.3 is 0 Å². The number of hydrogen-bond acceptors (Lipinski definition) is 3. The van der Waals surface area contributed by atoms with E-state index >= 15 is 0 Å². The van der Waals surface area contributed by atoms with Gasteiger partial charge in [0.05, 0.1) is 0 Å². The number of pyridine rings is 1. The maximum Gasteiger partial charge on any atom is 0.178 e. The predicted molar refractivity (Wildman–Crippen MR) is 54.8 cm³/mol. The molecule has 0 saturated carbocycles. The van der Waals surface area contributed by atoms with Crippen molar-refractivity contribution in [1.82, 2.24) is 4.98 Å². The lowest BCUT2D eigenvalue weighted by atomic mass is 10.2. The first-order valence-corrected chi connectivity index (χ1v) is 4.41. The summed E-state index contributed by atoms with van der Waals surface area (Å²) in [6.45, 7) is 2.03. The Bertz CT molecular complexity index is 388. The van der Waals surface area contributed by atoms with Crippen molar-refractivity contribution in [3.63, 3.8) is 0 Å². The standard InChI is InChI=1S/C11H12N2O/c1-9(14)11-7-4-6-10(13-11)5-2-3-8-12/h4,6-7H,3,8,12H2,1H3. The summed E-state index contributed by atoms with van der Waals surface area (Å²) in [4.78, 5) is 15.1. The minimum Gasteiger partial charge on any atom is -0.330 e. The number of ketones is 1. The molecule has 3 nitrogen and oxygen atoms in total. The zero-order chi connectivity index (χ0) is 10.4. The van der Waals surface area contributed by atoms with Gasteiger partial charge in [-0.15, -0.1) is 0 Å². The van der Waals surface area contributed by atoms with Crippen LogP contribution in [-0.2, 0) is 0 Å². The summed E-state index contributed by atoms with van der Waals surface area (Å²) in [6, 6.07) is 5.22. The Morgan fingerprint density at radius 3 is 3.00 bits per heavy atom. The van der Waals surface area contributed by atoms with Gasteiger partial charge in [0.25, 0.3) is 0 Å². The maximum atomic E-state index is 11.0. The fraction of sp³-hybridized carbons (Fsp3) is 0.273. The highest BCUT2D eigenvalue weighted by Gasteiger charge is 1.99. The second kappa shape index (κ2) is 5.15. The third kappa shape index (κ3) is 3.00. The highest BCUT2D eigenvalue weighted by molar-refractivity contribution is 5.92. The Labute approximate surface area is 83.3 Å². The molecule has 0 bridgehead atoms. The lowest BCUT2D eigenvalue weighted by molar-refractivity contribution is 0.101. The van der Waals surface area contributed by atoms with E-state index < -0.39 is 0 Å². The van der Waals surface area contributed by atoms with Crippen molar-refractivity contribution >= 4 is 5.78 Å². The molecule has 14 heavy (non-hydrogen) atoms. The molecule has 1 rings (SSSR count). The van der Waals surface area contributed by atoms with E-state index in [1.54, 1.807) is 18.2 Å². The third-order valence-electron chi connectivity index (χ3n) is 1.60. The molecule has 0 spiro atoms. The number of nitrogens with zero attached hydrogens (tertiary/aromatic N) is 1. The lowest BCUT2D eigenvalue weighted by Gasteiger charge is -1.94. The Morgan fingerprint density at radius 2 is 2.36 bits per heavy atom. The van der Waals surface area contributed by atoms with Crippen molar-refractivity contribution in [2.75, 3.05) is 6.54 Å². The van der Waals surface area contributed by atoms with E-state index in [4.69, 9.17) is 5.73 Å². The van der Waals surface area contributed by atoms with Gasteiger partial charge in [-0.05, 0) is 18.1 Å². The Kier molecular flexibility index (Phi) is 3.84. The number of carbonyl (C=O) groups excluding carboxylic acids is 1. The zero-order valence-corrected chi connectivity index (χ0v) is 8.08. The molecule has 0 atom stereocenters. The second-order valence-electron chi connectivity index (χ2n) is 2.80. The van der Waals surface area contributed by atoms with Gasteiger partial charge in [-0.1, -0.05) is 12.0 Å². The monoisotopic (exact) mass is 188 g/mol. The number of hydrogen-bond donors (Lipinski definition) is 1. The van der Waals surface area contributed by atoms with Crippen LogP contribution in [0.1, 0.15) is 29.5 Å². The Balaban J connectivity index is 2.85. The van der Waals surface area contributed by atoms with E-state index in [-0.39, 0.29) is 5.78 Å². The molecule has 0 aliphatic rings. The normalized spacial score (nSPS) is 9.00. The summed E-state index contributed by atoms with van der Waals surface area (Å²) in [5, 5.41) is 0. The van der Waals surface area contributed by atoms with Crippen molar-refractivity contribution in [1.29, 1.82) is 0 Å². The molecule has 0 radical (unpaired) electrons. The summed E-state index contributed by atoms with van der Waals surface area (Å²) in [5.41, 5.74) is 6.36. The maximum absolute atomic E-state index is 11.0. The summed E-state index contributed by atoms with van der Waals surface area (Å²) < 4.78 is 0. The van der Waals surface area contributed by atoms with Crippen LogP contribution >= 0.6 is 0 Å². The highest BCUT2D eigenvalue weighted by atomic mass is 16.1. The van der Waals surface area contributed by atoms with Gasteiger partial charge in [0.2, 0.25) is 0 Å². The molecule has 0 aromatic carbocycles. The average molecular weight is 188 g/mol. The smallest absolute Gasteiger partial charge is 0.178 e. The van der Waals surface area contributed by atoms with Gasteiger partial charge in [-0.25, -0.2) is 4.98 Å². The average Bonchev–Trinajstić information content (AvgIpc) is 2.19. The van der Waals surface area contributed by atoms with Crippen LogP contribution in [0.5, 0.6) is 0 Å². The molecule has 0 amide bonds. The number of carbonyl (C=O) groups is 1. The first kappa shape index (κ1) is 10.4. The molecule has 0 aliphatic carbocycles. The fourth-order valence-electron chi connectivity index (χ4n) is 0.926. The predicted octanol–water partition coefficient (Wildman–Crippen LogP) is 0.985. The van der Waals surface area contributed by atoms with Crippen molar-refractivity contribution < 1.29 is 4.79 Å². The molecule has 1 heterocycles.